The van der Waals surface area contributed by atoms with Crippen molar-refractivity contribution in [2.75, 3.05) is 10.6 Å². The number of carbonyl (C=O) groups is 1. The highest BCUT2D eigenvalue weighted by atomic mass is 35.5. The van der Waals surface area contributed by atoms with Crippen LogP contribution in [0, 0.1) is 12.7 Å². The predicted octanol–water partition coefficient (Wildman–Crippen LogP) is 3.71. The van der Waals surface area contributed by atoms with Crippen molar-refractivity contribution in [3.05, 3.63) is 46.2 Å². The summed E-state index contributed by atoms with van der Waals surface area (Å²) in [5.41, 5.74) is 13.0. The SMILES string of the molecule is Cc1ccc(Nc2nc(N[C@@H]3CCCC[C@@H]3N)c(F)cc2C(N)=O)cc1Cl. The summed E-state index contributed by atoms with van der Waals surface area (Å²) in [6.07, 6.45) is 3.82. The molecule has 1 aromatic carbocycles. The van der Waals surface area contributed by atoms with E-state index in [1.54, 1.807) is 12.1 Å². The summed E-state index contributed by atoms with van der Waals surface area (Å²) in [5.74, 6) is -1.21. The molecule has 3 rings (SSSR count). The summed E-state index contributed by atoms with van der Waals surface area (Å²) >= 11 is 6.15. The van der Waals surface area contributed by atoms with Crippen molar-refractivity contribution in [2.45, 2.75) is 44.7 Å². The summed E-state index contributed by atoms with van der Waals surface area (Å²) in [4.78, 5) is 16.0. The lowest BCUT2D eigenvalue weighted by Crippen LogP contribution is -2.43. The van der Waals surface area contributed by atoms with E-state index >= 15 is 0 Å². The Morgan fingerprint density at radius 2 is 2.00 bits per heavy atom. The highest BCUT2D eigenvalue weighted by Gasteiger charge is 2.24. The molecule has 0 aliphatic heterocycles. The van der Waals surface area contributed by atoms with Crippen LogP contribution in [0.2, 0.25) is 5.02 Å². The number of aryl methyl sites for hydroxylation is 1. The Hall–Kier alpha value is -2.38. The van der Waals surface area contributed by atoms with Crippen molar-refractivity contribution in [1.82, 2.24) is 4.98 Å². The molecule has 2 atom stereocenters. The third kappa shape index (κ3) is 4.48. The minimum atomic E-state index is -0.775. The Balaban J connectivity index is 1.92. The maximum absolute atomic E-state index is 14.5. The van der Waals surface area contributed by atoms with Gasteiger partial charge in [-0.15, -0.1) is 0 Å². The number of nitrogens with zero attached hydrogens (tertiary/aromatic N) is 1. The Bertz CT molecular complexity index is 860. The van der Waals surface area contributed by atoms with Crippen molar-refractivity contribution < 1.29 is 9.18 Å². The Labute approximate surface area is 162 Å². The second-order valence-electron chi connectivity index (χ2n) is 6.87. The molecular formula is C19H23ClFN5O. The van der Waals surface area contributed by atoms with E-state index in [9.17, 15) is 9.18 Å². The van der Waals surface area contributed by atoms with Gasteiger partial charge in [-0.2, -0.15) is 0 Å². The van der Waals surface area contributed by atoms with Gasteiger partial charge in [-0.1, -0.05) is 30.5 Å². The number of amides is 1. The minimum absolute atomic E-state index is 0.0392. The van der Waals surface area contributed by atoms with Gasteiger partial charge in [0, 0.05) is 22.8 Å². The van der Waals surface area contributed by atoms with E-state index in [1.807, 2.05) is 13.0 Å². The average molecular weight is 392 g/mol. The van der Waals surface area contributed by atoms with E-state index in [4.69, 9.17) is 23.1 Å². The van der Waals surface area contributed by atoms with Crippen LogP contribution in [-0.2, 0) is 0 Å². The van der Waals surface area contributed by atoms with Gasteiger partial charge in [0.05, 0.1) is 5.56 Å². The van der Waals surface area contributed by atoms with E-state index in [1.165, 1.54) is 0 Å². The molecule has 2 aromatic rings. The summed E-state index contributed by atoms with van der Waals surface area (Å²) < 4.78 is 14.5. The number of rotatable bonds is 5. The largest absolute Gasteiger partial charge is 0.365 e. The first-order valence-electron chi connectivity index (χ1n) is 8.91. The zero-order valence-electron chi connectivity index (χ0n) is 15.1. The van der Waals surface area contributed by atoms with E-state index in [2.05, 4.69) is 15.6 Å². The fraction of sp³-hybridized carbons (Fsp3) is 0.368. The lowest BCUT2D eigenvalue weighted by atomic mass is 9.91. The first-order valence-corrected chi connectivity index (χ1v) is 9.28. The smallest absolute Gasteiger partial charge is 0.252 e. The molecule has 1 heterocycles. The van der Waals surface area contributed by atoms with Crippen LogP contribution in [0.5, 0.6) is 0 Å². The third-order valence-corrected chi connectivity index (χ3v) is 5.22. The number of benzene rings is 1. The van der Waals surface area contributed by atoms with Gasteiger partial charge in [-0.3, -0.25) is 4.79 Å². The number of carbonyl (C=O) groups excluding carboxylic acids is 1. The van der Waals surface area contributed by atoms with Gasteiger partial charge in [0.25, 0.3) is 5.91 Å². The number of pyridine rings is 1. The fourth-order valence-electron chi connectivity index (χ4n) is 3.19. The molecule has 144 valence electrons. The summed E-state index contributed by atoms with van der Waals surface area (Å²) in [6, 6.07) is 6.28. The molecule has 6 N–H and O–H groups in total. The number of nitrogens with two attached hydrogens (primary N) is 2. The lowest BCUT2D eigenvalue weighted by Gasteiger charge is -2.30. The molecule has 1 saturated carbocycles. The van der Waals surface area contributed by atoms with Crippen LogP contribution in [0.25, 0.3) is 0 Å². The first-order chi connectivity index (χ1) is 12.8. The van der Waals surface area contributed by atoms with Crippen LogP contribution in [0.4, 0.5) is 21.7 Å². The van der Waals surface area contributed by atoms with Crippen LogP contribution in [-0.4, -0.2) is 23.0 Å². The van der Waals surface area contributed by atoms with Gasteiger partial charge in [0.2, 0.25) is 0 Å². The quantitative estimate of drug-likeness (QED) is 0.621. The van der Waals surface area contributed by atoms with Gasteiger partial charge in [0.1, 0.15) is 5.82 Å². The molecule has 1 aliphatic carbocycles. The Kier molecular flexibility index (Phi) is 5.82. The van der Waals surface area contributed by atoms with E-state index < -0.39 is 11.7 Å². The average Bonchev–Trinajstić information content (AvgIpc) is 2.62. The maximum Gasteiger partial charge on any atom is 0.252 e. The van der Waals surface area contributed by atoms with E-state index in [0.29, 0.717) is 10.7 Å². The lowest BCUT2D eigenvalue weighted by molar-refractivity contribution is 0.100. The number of anilines is 3. The van der Waals surface area contributed by atoms with Crippen molar-refractivity contribution in [1.29, 1.82) is 0 Å². The summed E-state index contributed by atoms with van der Waals surface area (Å²) in [5, 5.41) is 6.65. The Morgan fingerprint density at radius 3 is 2.67 bits per heavy atom. The van der Waals surface area contributed by atoms with Crippen molar-refractivity contribution in [3.63, 3.8) is 0 Å². The zero-order valence-corrected chi connectivity index (χ0v) is 15.8. The number of hydrogen-bond donors (Lipinski definition) is 4. The van der Waals surface area contributed by atoms with Gasteiger partial charge in [-0.25, -0.2) is 9.37 Å². The fourth-order valence-corrected chi connectivity index (χ4v) is 3.38. The molecule has 0 radical (unpaired) electrons. The zero-order chi connectivity index (χ0) is 19.6. The topological polar surface area (TPSA) is 106 Å². The molecule has 1 fully saturated rings. The van der Waals surface area contributed by atoms with Crippen molar-refractivity contribution >= 4 is 34.8 Å². The molecule has 1 aromatic heterocycles. The predicted molar refractivity (Wildman–Crippen MR) is 106 cm³/mol. The summed E-state index contributed by atoms with van der Waals surface area (Å²) in [6.45, 7) is 1.88. The molecule has 0 bridgehead atoms. The highest BCUT2D eigenvalue weighted by Crippen LogP contribution is 2.28. The molecule has 6 nitrogen and oxygen atoms in total. The number of hydrogen-bond acceptors (Lipinski definition) is 5. The third-order valence-electron chi connectivity index (χ3n) is 4.82. The molecule has 0 spiro atoms. The first kappa shape index (κ1) is 19.4. The van der Waals surface area contributed by atoms with Gasteiger partial charge in [0.15, 0.2) is 11.6 Å². The maximum atomic E-state index is 14.5. The monoisotopic (exact) mass is 391 g/mol. The van der Waals surface area contributed by atoms with Crippen LogP contribution >= 0.6 is 11.6 Å². The van der Waals surface area contributed by atoms with Crippen LogP contribution in [0.15, 0.2) is 24.3 Å². The number of nitrogens with one attached hydrogen (secondary N) is 2. The van der Waals surface area contributed by atoms with Gasteiger partial charge in [-0.05, 0) is 43.5 Å². The molecule has 0 unspecified atom stereocenters. The van der Waals surface area contributed by atoms with E-state index in [-0.39, 0.29) is 29.3 Å². The number of aromatic nitrogens is 1. The number of primary amides is 1. The minimum Gasteiger partial charge on any atom is -0.365 e. The van der Waals surface area contributed by atoms with E-state index in [0.717, 1.165) is 37.3 Å². The molecule has 1 aliphatic rings. The number of halogens is 2. The standard InChI is InChI=1S/C19H23ClFN5O/c1-10-6-7-11(8-13(10)20)24-18-12(17(23)27)9-14(21)19(26-18)25-16-5-3-2-4-15(16)22/h6-9,15-16H,2-5,22H2,1H3,(H2,23,27)(H2,24,25,26)/t15-,16+/m0/s1. The van der Waals surface area contributed by atoms with Gasteiger partial charge >= 0.3 is 0 Å². The second-order valence-corrected chi connectivity index (χ2v) is 7.27. The van der Waals surface area contributed by atoms with Gasteiger partial charge < -0.3 is 22.1 Å². The normalized spacial score (nSPS) is 19.6. The highest BCUT2D eigenvalue weighted by molar-refractivity contribution is 6.31. The molecule has 8 heteroatoms. The van der Waals surface area contributed by atoms with Crippen LogP contribution < -0.4 is 22.1 Å². The van der Waals surface area contributed by atoms with Crippen LogP contribution in [0.3, 0.4) is 0 Å². The molecular weight excluding hydrogens is 369 g/mol. The Morgan fingerprint density at radius 1 is 1.26 bits per heavy atom. The molecule has 27 heavy (non-hydrogen) atoms. The summed E-state index contributed by atoms with van der Waals surface area (Å²) in [7, 11) is 0. The van der Waals surface area contributed by atoms with Crippen molar-refractivity contribution in [3.8, 4) is 0 Å². The molecule has 1 amide bonds. The molecule has 0 saturated heterocycles. The van der Waals surface area contributed by atoms with Crippen molar-refractivity contribution in [2.24, 2.45) is 11.5 Å². The van der Waals surface area contributed by atoms with Crippen LogP contribution in [0.1, 0.15) is 41.6 Å². The second kappa shape index (κ2) is 8.10.